The number of aryl methyl sites for hydroxylation is 1. The van der Waals surface area contributed by atoms with Crippen LogP contribution in [0.2, 0.25) is 0 Å². The van der Waals surface area contributed by atoms with Crippen molar-refractivity contribution in [2.75, 3.05) is 12.3 Å². The highest BCUT2D eigenvalue weighted by Crippen LogP contribution is 2.18. The molecule has 0 radical (unpaired) electrons. The zero-order valence-corrected chi connectivity index (χ0v) is 10.9. The first-order chi connectivity index (χ1) is 9.17. The van der Waals surface area contributed by atoms with Gasteiger partial charge in [0.2, 0.25) is 0 Å². The quantitative estimate of drug-likeness (QED) is 0.851. The molecule has 0 bridgehead atoms. The van der Waals surface area contributed by atoms with E-state index in [1.165, 1.54) is 0 Å². The van der Waals surface area contributed by atoms with Crippen LogP contribution in [0.15, 0.2) is 42.5 Å². The molecule has 0 aliphatic heterocycles. The number of hydrogen-bond acceptors (Lipinski definition) is 3. The topological polar surface area (TPSA) is 59.0 Å². The maximum absolute atomic E-state index is 8.72. The van der Waals surface area contributed by atoms with Crippen molar-refractivity contribution in [2.24, 2.45) is 0 Å². The summed E-state index contributed by atoms with van der Waals surface area (Å²) in [6.07, 6.45) is 0.805. The molecule has 19 heavy (non-hydrogen) atoms. The fourth-order valence-corrected chi connectivity index (χ4v) is 1.89. The summed E-state index contributed by atoms with van der Waals surface area (Å²) in [4.78, 5) is 0. The lowest BCUT2D eigenvalue weighted by Gasteiger charge is -2.08. The van der Waals surface area contributed by atoms with Crippen molar-refractivity contribution in [2.45, 2.75) is 13.3 Å². The average molecular weight is 252 g/mol. The molecule has 2 aromatic carbocycles. The van der Waals surface area contributed by atoms with E-state index in [9.17, 15) is 0 Å². The highest BCUT2D eigenvalue weighted by molar-refractivity contribution is 5.47. The zero-order chi connectivity index (χ0) is 13.7. The molecule has 0 aliphatic rings. The van der Waals surface area contributed by atoms with Gasteiger partial charge < -0.3 is 10.5 Å². The predicted molar refractivity (Wildman–Crippen MR) is 75.9 cm³/mol. The third-order valence-electron chi connectivity index (χ3n) is 2.82. The van der Waals surface area contributed by atoms with E-state index in [2.05, 4.69) is 6.07 Å². The van der Waals surface area contributed by atoms with Crippen molar-refractivity contribution in [1.82, 2.24) is 0 Å². The largest absolute Gasteiger partial charge is 0.493 e. The molecule has 96 valence electrons. The van der Waals surface area contributed by atoms with Crippen LogP contribution in [-0.2, 0) is 6.42 Å². The summed E-state index contributed by atoms with van der Waals surface area (Å²) in [7, 11) is 0. The number of nitrogens with zero attached hydrogens (tertiary/aromatic N) is 1. The highest BCUT2D eigenvalue weighted by Gasteiger charge is 1.99. The average Bonchev–Trinajstić information content (AvgIpc) is 2.38. The van der Waals surface area contributed by atoms with E-state index in [4.69, 9.17) is 15.7 Å². The number of benzene rings is 2. The van der Waals surface area contributed by atoms with Gasteiger partial charge in [-0.05, 0) is 42.3 Å². The second kappa shape index (κ2) is 5.92. The molecule has 0 fully saturated rings. The van der Waals surface area contributed by atoms with Crippen LogP contribution < -0.4 is 10.5 Å². The summed E-state index contributed by atoms with van der Waals surface area (Å²) in [5, 5.41) is 8.72. The lowest BCUT2D eigenvalue weighted by molar-refractivity contribution is 0.322. The normalized spacial score (nSPS) is 9.89. The van der Waals surface area contributed by atoms with Crippen molar-refractivity contribution >= 4 is 5.69 Å². The minimum atomic E-state index is 0.592. The molecule has 0 aromatic heterocycles. The maximum atomic E-state index is 8.72. The van der Waals surface area contributed by atoms with Crippen LogP contribution in [0.4, 0.5) is 5.69 Å². The Balaban J connectivity index is 1.90. The van der Waals surface area contributed by atoms with Crippen LogP contribution in [0.5, 0.6) is 5.75 Å². The van der Waals surface area contributed by atoms with Crippen molar-refractivity contribution < 1.29 is 4.74 Å². The number of nitriles is 1. The molecule has 0 atom stereocenters. The SMILES string of the molecule is Cc1cc(N)cc(OCCc2ccc(C#N)cc2)c1. The van der Waals surface area contributed by atoms with Gasteiger partial charge in [0.1, 0.15) is 5.75 Å². The number of anilines is 1. The molecule has 0 heterocycles. The van der Waals surface area contributed by atoms with Gasteiger partial charge in [-0.1, -0.05) is 12.1 Å². The Morgan fingerprint density at radius 1 is 1.16 bits per heavy atom. The van der Waals surface area contributed by atoms with Gasteiger partial charge in [0.05, 0.1) is 18.2 Å². The lowest BCUT2D eigenvalue weighted by atomic mass is 10.1. The number of hydrogen-bond donors (Lipinski definition) is 1. The zero-order valence-electron chi connectivity index (χ0n) is 10.9. The van der Waals surface area contributed by atoms with Gasteiger partial charge in [-0.15, -0.1) is 0 Å². The van der Waals surface area contributed by atoms with Crippen LogP contribution in [0.25, 0.3) is 0 Å². The summed E-state index contributed by atoms with van der Waals surface area (Å²) in [6.45, 7) is 2.58. The third-order valence-corrected chi connectivity index (χ3v) is 2.82. The van der Waals surface area contributed by atoms with E-state index in [0.717, 1.165) is 23.3 Å². The van der Waals surface area contributed by atoms with Crippen LogP contribution >= 0.6 is 0 Å². The number of rotatable bonds is 4. The van der Waals surface area contributed by atoms with Crippen LogP contribution in [-0.4, -0.2) is 6.61 Å². The Bertz CT molecular complexity index is 577. The van der Waals surface area contributed by atoms with Gasteiger partial charge in [0, 0.05) is 18.2 Å². The summed E-state index contributed by atoms with van der Waals surface area (Å²) in [6, 6.07) is 15.3. The maximum Gasteiger partial charge on any atom is 0.121 e. The minimum absolute atomic E-state index is 0.592. The van der Waals surface area contributed by atoms with Crippen LogP contribution in [0, 0.1) is 18.3 Å². The molecule has 2 aromatic rings. The van der Waals surface area contributed by atoms with Gasteiger partial charge in [0.15, 0.2) is 0 Å². The lowest BCUT2D eigenvalue weighted by Crippen LogP contribution is -2.02. The molecule has 3 nitrogen and oxygen atoms in total. The van der Waals surface area contributed by atoms with E-state index in [1.54, 1.807) is 0 Å². The summed E-state index contributed by atoms with van der Waals surface area (Å²) < 4.78 is 5.68. The van der Waals surface area contributed by atoms with E-state index in [-0.39, 0.29) is 0 Å². The predicted octanol–water partition coefficient (Wildman–Crippen LogP) is 3.07. The molecule has 2 rings (SSSR count). The highest BCUT2D eigenvalue weighted by atomic mass is 16.5. The first kappa shape index (κ1) is 13.0. The molecular weight excluding hydrogens is 236 g/mol. The molecule has 0 aliphatic carbocycles. The Labute approximate surface area is 113 Å². The minimum Gasteiger partial charge on any atom is -0.493 e. The van der Waals surface area contributed by atoms with E-state index in [1.807, 2.05) is 49.4 Å². The molecule has 0 spiro atoms. The Morgan fingerprint density at radius 3 is 2.53 bits per heavy atom. The molecule has 2 N–H and O–H groups in total. The standard InChI is InChI=1S/C16H16N2O/c1-12-8-15(18)10-16(9-12)19-7-6-13-2-4-14(11-17)5-3-13/h2-5,8-10H,6-7,18H2,1H3. The summed E-state index contributed by atoms with van der Waals surface area (Å²) >= 11 is 0. The van der Waals surface area contributed by atoms with Crippen LogP contribution in [0.1, 0.15) is 16.7 Å². The fourth-order valence-electron chi connectivity index (χ4n) is 1.89. The smallest absolute Gasteiger partial charge is 0.121 e. The molecular formula is C16H16N2O. The first-order valence-corrected chi connectivity index (χ1v) is 6.16. The van der Waals surface area contributed by atoms with Gasteiger partial charge >= 0.3 is 0 Å². The second-order valence-corrected chi connectivity index (χ2v) is 4.49. The summed E-state index contributed by atoms with van der Waals surface area (Å²) in [5.74, 6) is 0.797. The molecule has 0 unspecified atom stereocenters. The number of nitrogen functional groups attached to an aromatic ring is 1. The monoisotopic (exact) mass is 252 g/mol. The number of ether oxygens (including phenoxy) is 1. The van der Waals surface area contributed by atoms with Crippen molar-refractivity contribution in [3.05, 3.63) is 59.2 Å². The summed E-state index contributed by atoms with van der Waals surface area (Å²) in [5.41, 5.74) is 9.40. The molecule has 3 heteroatoms. The molecule has 0 saturated carbocycles. The van der Waals surface area contributed by atoms with Crippen molar-refractivity contribution in [3.8, 4) is 11.8 Å². The molecule has 0 saturated heterocycles. The van der Waals surface area contributed by atoms with Gasteiger partial charge in [-0.3, -0.25) is 0 Å². The van der Waals surface area contributed by atoms with Crippen molar-refractivity contribution in [3.63, 3.8) is 0 Å². The molecule has 0 amide bonds. The first-order valence-electron chi connectivity index (χ1n) is 6.16. The second-order valence-electron chi connectivity index (χ2n) is 4.49. The Hall–Kier alpha value is -2.47. The Kier molecular flexibility index (Phi) is 4.04. The van der Waals surface area contributed by atoms with Gasteiger partial charge in [0.25, 0.3) is 0 Å². The van der Waals surface area contributed by atoms with Gasteiger partial charge in [-0.25, -0.2) is 0 Å². The van der Waals surface area contributed by atoms with Crippen molar-refractivity contribution in [1.29, 1.82) is 5.26 Å². The van der Waals surface area contributed by atoms with E-state index >= 15 is 0 Å². The van der Waals surface area contributed by atoms with Crippen LogP contribution in [0.3, 0.4) is 0 Å². The third kappa shape index (κ3) is 3.75. The Morgan fingerprint density at radius 2 is 1.89 bits per heavy atom. The van der Waals surface area contributed by atoms with Gasteiger partial charge in [-0.2, -0.15) is 5.26 Å². The van der Waals surface area contributed by atoms with E-state index in [0.29, 0.717) is 17.9 Å². The van der Waals surface area contributed by atoms with E-state index < -0.39 is 0 Å². The fraction of sp³-hybridized carbons (Fsp3) is 0.188. The number of nitrogens with two attached hydrogens (primary N) is 1.